The van der Waals surface area contributed by atoms with E-state index in [0.29, 0.717) is 35.4 Å². The normalized spacial score (nSPS) is 19.1. The molecule has 1 aliphatic rings. The predicted octanol–water partition coefficient (Wildman–Crippen LogP) is 3.21. The van der Waals surface area contributed by atoms with E-state index in [9.17, 15) is 14.9 Å². The lowest BCUT2D eigenvalue weighted by molar-refractivity contribution is -0.385. The zero-order valence-corrected chi connectivity index (χ0v) is 16.7. The second-order valence-corrected chi connectivity index (χ2v) is 7.28. The van der Waals surface area contributed by atoms with Crippen molar-refractivity contribution in [2.24, 2.45) is 0 Å². The van der Waals surface area contributed by atoms with Crippen LogP contribution in [0, 0.1) is 17.0 Å². The van der Waals surface area contributed by atoms with Crippen molar-refractivity contribution in [3.63, 3.8) is 0 Å². The number of hydrogen-bond donors (Lipinski definition) is 0. The van der Waals surface area contributed by atoms with Crippen molar-refractivity contribution in [1.29, 1.82) is 0 Å². The summed E-state index contributed by atoms with van der Waals surface area (Å²) in [5.74, 6) is 0.358. The number of anilines is 1. The Hall–Kier alpha value is -3.53. The highest BCUT2D eigenvalue weighted by molar-refractivity contribution is 5.81. The highest BCUT2D eigenvalue weighted by Crippen LogP contribution is 2.37. The lowest BCUT2D eigenvalue weighted by atomic mass is 10.1. The van der Waals surface area contributed by atoms with Crippen LogP contribution in [0.5, 0.6) is 11.6 Å². The van der Waals surface area contributed by atoms with Gasteiger partial charge in [-0.25, -0.2) is 9.78 Å². The number of nitrogens with zero attached hydrogens (tertiary/aromatic N) is 4. The van der Waals surface area contributed by atoms with Gasteiger partial charge >= 0.3 is 17.2 Å². The summed E-state index contributed by atoms with van der Waals surface area (Å²) < 4.78 is 16.7. The van der Waals surface area contributed by atoms with Crippen LogP contribution in [0.1, 0.15) is 19.4 Å². The minimum Gasteiger partial charge on any atom is -0.434 e. The fourth-order valence-electron chi connectivity index (χ4n) is 3.64. The van der Waals surface area contributed by atoms with E-state index in [4.69, 9.17) is 13.9 Å². The third-order valence-corrected chi connectivity index (χ3v) is 4.81. The van der Waals surface area contributed by atoms with Gasteiger partial charge in [-0.2, -0.15) is 4.98 Å². The average Bonchev–Trinajstić information content (AvgIpc) is 2.67. The van der Waals surface area contributed by atoms with Crippen molar-refractivity contribution in [3.05, 3.63) is 56.7 Å². The highest BCUT2D eigenvalue weighted by Gasteiger charge is 2.32. The van der Waals surface area contributed by atoms with Crippen molar-refractivity contribution in [3.8, 4) is 11.6 Å². The van der Waals surface area contributed by atoms with Gasteiger partial charge in [0.25, 0.3) is 0 Å². The molecule has 4 rings (SSSR count). The molecule has 0 radical (unpaired) electrons. The predicted molar refractivity (Wildman–Crippen MR) is 108 cm³/mol. The van der Waals surface area contributed by atoms with Crippen LogP contribution in [0.4, 0.5) is 11.5 Å². The number of ether oxygens (including phenoxy) is 2. The molecule has 1 fully saturated rings. The summed E-state index contributed by atoms with van der Waals surface area (Å²) >= 11 is 0. The van der Waals surface area contributed by atoms with Gasteiger partial charge < -0.3 is 18.8 Å². The first kappa shape index (κ1) is 19.8. The molecule has 2 atom stereocenters. The van der Waals surface area contributed by atoms with E-state index in [0.717, 1.165) is 0 Å². The number of morpholine rings is 1. The van der Waals surface area contributed by atoms with E-state index in [-0.39, 0.29) is 29.6 Å². The van der Waals surface area contributed by atoms with E-state index in [1.54, 1.807) is 25.1 Å². The number of rotatable bonds is 4. The second kappa shape index (κ2) is 7.71. The Labute approximate surface area is 171 Å². The molecule has 0 spiro atoms. The molecule has 30 heavy (non-hydrogen) atoms. The van der Waals surface area contributed by atoms with E-state index in [2.05, 4.69) is 9.97 Å². The molecule has 3 aromatic rings. The average molecular weight is 412 g/mol. The van der Waals surface area contributed by atoms with Crippen molar-refractivity contribution in [2.45, 2.75) is 33.0 Å². The Morgan fingerprint density at radius 1 is 1.20 bits per heavy atom. The second-order valence-electron chi connectivity index (χ2n) is 7.28. The summed E-state index contributed by atoms with van der Waals surface area (Å²) in [5, 5.41) is 12.5. The molecule has 1 aliphatic heterocycles. The maximum Gasteiger partial charge on any atom is 0.373 e. The van der Waals surface area contributed by atoms with E-state index < -0.39 is 10.5 Å². The minimum atomic E-state index is -0.541. The molecular weight excluding hydrogens is 392 g/mol. The van der Waals surface area contributed by atoms with Crippen molar-refractivity contribution < 1.29 is 18.8 Å². The summed E-state index contributed by atoms with van der Waals surface area (Å²) in [5.41, 5.74) is 0.358. The first-order chi connectivity index (χ1) is 14.3. The van der Waals surface area contributed by atoms with Gasteiger partial charge in [0.05, 0.1) is 17.1 Å². The standard InChI is InChI=1S/C20H20N4O6/c1-11-6-17(25)30-16-5-4-14(7-15(11)16)29-20-18(24(26)27)19(21-10-22-20)23-8-12(2)28-13(3)9-23/h4-7,10,12-13H,8-9H2,1-3H3. The van der Waals surface area contributed by atoms with Crippen LogP contribution in [0.25, 0.3) is 11.0 Å². The molecule has 1 saturated heterocycles. The fraction of sp³-hybridized carbons (Fsp3) is 0.350. The number of nitro groups is 1. The first-order valence-corrected chi connectivity index (χ1v) is 9.44. The Morgan fingerprint density at radius 2 is 1.93 bits per heavy atom. The van der Waals surface area contributed by atoms with Crippen LogP contribution < -0.4 is 15.3 Å². The van der Waals surface area contributed by atoms with Gasteiger partial charge in [-0.3, -0.25) is 10.1 Å². The molecule has 0 N–H and O–H groups in total. The summed E-state index contributed by atoms with van der Waals surface area (Å²) in [6.07, 6.45) is 1.06. The number of aromatic nitrogens is 2. The molecule has 10 nitrogen and oxygen atoms in total. The van der Waals surface area contributed by atoms with Crippen LogP contribution in [0.15, 0.2) is 39.8 Å². The van der Waals surface area contributed by atoms with Gasteiger partial charge in [0, 0.05) is 24.5 Å². The summed E-state index contributed by atoms with van der Waals surface area (Å²) in [6.45, 7) is 6.52. The van der Waals surface area contributed by atoms with E-state index in [1.807, 2.05) is 18.7 Å². The number of aryl methyl sites for hydroxylation is 1. The molecule has 0 saturated carbocycles. The van der Waals surface area contributed by atoms with Crippen molar-refractivity contribution >= 4 is 22.5 Å². The third kappa shape index (κ3) is 3.81. The smallest absolute Gasteiger partial charge is 0.373 e. The van der Waals surface area contributed by atoms with Gasteiger partial charge in [-0.05, 0) is 44.5 Å². The fourth-order valence-corrected chi connectivity index (χ4v) is 3.64. The van der Waals surface area contributed by atoms with Crippen LogP contribution >= 0.6 is 0 Å². The lowest BCUT2D eigenvalue weighted by Crippen LogP contribution is -2.46. The molecule has 0 aliphatic carbocycles. The molecule has 156 valence electrons. The van der Waals surface area contributed by atoms with Gasteiger partial charge in [0.15, 0.2) is 0 Å². The largest absolute Gasteiger partial charge is 0.434 e. The van der Waals surface area contributed by atoms with Gasteiger partial charge in [0.1, 0.15) is 17.7 Å². The van der Waals surface area contributed by atoms with Crippen LogP contribution in [-0.4, -0.2) is 40.2 Å². The van der Waals surface area contributed by atoms with Gasteiger partial charge in [-0.15, -0.1) is 0 Å². The summed E-state index contributed by atoms with van der Waals surface area (Å²) in [4.78, 5) is 32.8. The highest BCUT2D eigenvalue weighted by atomic mass is 16.6. The first-order valence-electron chi connectivity index (χ1n) is 9.44. The molecule has 2 unspecified atom stereocenters. The molecule has 0 amide bonds. The summed E-state index contributed by atoms with van der Waals surface area (Å²) in [6, 6.07) is 6.17. The Morgan fingerprint density at radius 3 is 2.63 bits per heavy atom. The Balaban J connectivity index is 1.73. The Bertz CT molecular complexity index is 1170. The van der Waals surface area contributed by atoms with Crippen LogP contribution in [0.3, 0.4) is 0 Å². The van der Waals surface area contributed by atoms with Gasteiger partial charge in [-0.1, -0.05) is 0 Å². The Kier molecular flexibility index (Phi) is 5.08. The summed E-state index contributed by atoms with van der Waals surface area (Å²) in [7, 11) is 0. The van der Waals surface area contributed by atoms with Gasteiger partial charge in [0.2, 0.25) is 5.82 Å². The van der Waals surface area contributed by atoms with Crippen LogP contribution in [0.2, 0.25) is 0 Å². The molecular formula is C20H20N4O6. The number of hydrogen-bond acceptors (Lipinski definition) is 9. The monoisotopic (exact) mass is 412 g/mol. The van der Waals surface area contributed by atoms with E-state index >= 15 is 0 Å². The zero-order chi connectivity index (χ0) is 21.4. The maximum atomic E-state index is 11.9. The van der Waals surface area contributed by atoms with Crippen molar-refractivity contribution in [1.82, 2.24) is 9.97 Å². The quantitative estimate of drug-likeness (QED) is 0.361. The number of fused-ring (bicyclic) bond motifs is 1. The molecule has 0 bridgehead atoms. The molecule has 10 heteroatoms. The van der Waals surface area contributed by atoms with Crippen molar-refractivity contribution in [2.75, 3.05) is 18.0 Å². The number of benzene rings is 1. The lowest BCUT2D eigenvalue weighted by Gasteiger charge is -2.35. The SMILES string of the molecule is Cc1cc(=O)oc2ccc(Oc3ncnc(N4CC(C)OC(C)C4)c3[N+](=O)[O-])cc12. The topological polar surface area (TPSA) is 121 Å². The third-order valence-electron chi connectivity index (χ3n) is 4.81. The maximum absolute atomic E-state index is 11.9. The minimum absolute atomic E-state index is 0.0918. The molecule has 2 aromatic heterocycles. The molecule has 1 aromatic carbocycles. The molecule has 3 heterocycles. The zero-order valence-electron chi connectivity index (χ0n) is 16.7. The van der Waals surface area contributed by atoms with E-state index in [1.165, 1.54) is 12.4 Å². The van der Waals surface area contributed by atoms with Crippen LogP contribution in [-0.2, 0) is 4.74 Å².